The van der Waals surface area contributed by atoms with Crippen molar-refractivity contribution in [3.8, 4) is 0 Å². The zero-order valence-electron chi connectivity index (χ0n) is 17.0. The molecule has 1 aromatic carbocycles. The third kappa shape index (κ3) is 4.79. The van der Waals surface area contributed by atoms with Gasteiger partial charge in [-0.1, -0.05) is 18.2 Å². The van der Waals surface area contributed by atoms with E-state index in [0.717, 1.165) is 50.8 Å². The Bertz CT molecular complexity index is 774. The van der Waals surface area contributed by atoms with Crippen LogP contribution in [0.4, 0.5) is 5.69 Å². The molecular weight excluding hydrogens is 334 g/mol. The monoisotopic (exact) mass is 365 g/mol. The zero-order chi connectivity index (χ0) is 19.2. The van der Waals surface area contributed by atoms with Crippen molar-refractivity contribution in [2.24, 2.45) is 4.99 Å². The van der Waals surface area contributed by atoms with Crippen molar-refractivity contribution in [2.45, 2.75) is 27.2 Å². The minimum absolute atomic E-state index is 0.870. The standard InChI is InChI=1S/C22H31N5/c1-17-6-5-7-21(19(17)3)26-12-14-27(15-13-26)22(23-4)24-11-10-20-9-8-18(2)25-16-20/h5-9,16H,10-15H2,1-4H3,(H,23,24). The first kappa shape index (κ1) is 19.2. The van der Waals surface area contributed by atoms with Gasteiger partial charge in [-0.3, -0.25) is 9.98 Å². The maximum Gasteiger partial charge on any atom is 0.193 e. The summed E-state index contributed by atoms with van der Waals surface area (Å²) in [5.74, 6) is 0.996. The van der Waals surface area contributed by atoms with Gasteiger partial charge < -0.3 is 15.1 Å². The molecule has 5 heteroatoms. The predicted octanol–water partition coefficient (Wildman–Crippen LogP) is 2.95. The van der Waals surface area contributed by atoms with Crippen molar-refractivity contribution in [1.82, 2.24) is 15.2 Å². The number of piperazine rings is 1. The van der Waals surface area contributed by atoms with Gasteiger partial charge >= 0.3 is 0 Å². The van der Waals surface area contributed by atoms with Crippen LogP contribution in [-0.2, 0) is 6.42 Å². The van der Waals surface area contributed by atoms with Crippen LogP contribution in [0.15, 0.2) is 41.5 Å². The second-order valence-corrected chi connectivity index (χ2v) is 7.22. The molecule has 0 bridgehead atoms. The molecule has 0 amide bonds. The van der Waals surface area contributed by atoms with Gasteiger partial charge in [-0.15, -0.1) is 0 Å². The molecule has 1 saturated heterocycles. The van der Waals surface area contributed by atoms with Crippen LogP contribution >= 0.6 is 0 Å². The van der Waals surface area contributed by atoms with Crippen molar-refractivity contribution >= 4 is 11.6 Å². The van der Waals surface area contributed by atoms with E-state index in [2.05, 4.69) is 69.3 Å². The van der Waals surface area contributed by atoms with Crippen molar-refractivity contribution in [3.05, 3.63) is 58.9 Å². The number of pyridine rings is 1. The van der Waals surface area contributed by atoms with Crippen LogP contribution in [0.3, 0.4) is 0 Å². The molecule has 2 heterocycles. The SMILES string of the molecule is CN=C(NCCc1ccc(C)nc1)N1CCN(c2cccc(C)c2C)CC1. The fourth-order valence-corrected chi connectivity index (χ4v) is 3.53. The van der Waals surface area contributed by atoms with Gasteiger partial charge in [0.15, 0.2) is 5.96 Å². The van der Waals surface area contributed by atoms with Gasteiger partial charge in [-0.2, -0.15) is 0 Å². The van der Waals surface area contributed by atoms with E-state index in [9.17, 15) is 0 Å². The molecule has 144 valence electrons. The summed E-state index contributed by atoms with van der Waals surface area (Å²) < 4.78 is 0. The Morgan fingerprint density at radius 2 is 1.85 bits per heavy atom. The normalized spacial score (nSPS) is 15.2. The highest BCUT2D eigenvalue weighted by Gasteiger charge is 2.20. The van der Waals surface area contributed by atoms with E-state index in [1.54, 1.807) is 0 Å². The van der Waals surface area contributed by atoms with E-state index < -0.39 is 0 Å². The maximum atomic E-state index is 4.48. The highest BCUT2D eigenvalue weighted by Crippen LogP contribution is 2.23. The lowest BCUT2D eigenvalue weighted by Crippen LogP contribution is -2.53. The molecule has 1 aliphatic heterocycles. The Kier molecular flexibility index (Phi) is 6.32. The number of aryl methyl sites for hydroxylation is 2. The smallest absolute Gasteiger partial charge is 0.193 e. The van der Waals surface area contributed by atoms with Gasteiger partial charge in [0.2, 0.25) is 0 Å². The second kappa shape index (κ2) is 8.89. The first-order valence-electron chi connectivity index (χ1n) is 9.77. The molecule has 2 aromatic rings. The Morgan fingerprint density at radius 1 is 1.07 bits per heavy atom. The summed E-state index contributed by atoms with van der Waals surface area (Å²) in [5.41, 5.74) is 6.43. The van der Waals surface area contributed by atoms with E-state index in [0.29, 0.717) is 0 Å². The molecule has 0 aliphatic carbocycles. The zero-order valence-corrected chi connectivity index (χ0v) is 17.0. The van der Waals surface area contributed by atoms with Crippen LogP contribution in [0.2, 0.25) is 0 Å². The van der Waals surface area contributed by atoms with Crippen molar-refractivity contribution < 1.29 is 0 Å². The molecule has 0 radical (unpaired) electrons. The number of guanidine groups is 1. The minimum Gasteiger partial charge on any atom is -0.368 e. The Morgan fingerprint density at radius 3 is 2.52 bits per heavy atom. The number of nitrogens with one attached hydrogen (secondary N) is 1. The lowest BCUT2D eigenvalue weighted by molar-refractivity contribution is 0.372. The number of aromatic nitrogens is 1. The Hall–Kier alpha value is -2.56. The number of nitrogens with zero attached hydrogens (tertiary/aromatic N) is 4. The topological polar surface area (TPSA) is 43.8 Å². The summed E-state index contributed by atoms with van der Waals surface area (Å²) in [5, 5.41) is 3.51. The molecule has 3 rings (SSSR count). The van der Waals surface area contributed by atoms with Crippen LogP contribution in [0, 0.1) is 20.8 Å². The molecule has 1 aromatic heterocycles. The highest BCUT2D eigenvalue weighted by molar-refractivity contribution is 5.80. The second-order valence-electron chi connectivity index (χ2n) is 7.22. The Balaban J connectivity index is 1.51. The van der Waals surface area contributed by atoms with Gasteiger partial charge in [-0.05, 0) is 56.0 Å². The quantitative estimate of drug-likeness (QED) is 0.668. The molecule has 1 N–H and O–H groups in total. The summed E-state index contributed by atoms with van der Waals surface area (Å²) in [6.07, 6.45) is 2.91. The first-order chi connectivity index (χ1) is 13.1. The number of anilines is 1. The number of benzene rings is 1. The molecular formula is C22H31N5. The highest BCUT2D eigenvalue weighted by atomic mass is 15.3. The van der Waals surface area contributed by atoms with Crippen LogP contribution in [-0.4, -0.2) is 55.6 Å². The first-order valence-corrected chi connectivity index (χ1v) is 9.77. The van der Waals surface area contributed by atoms with Gasteiger partial charge in [0.05, 0.1) is 0 Å². The van der Waals surface area contributed by atoms with Gasteiger partial charge in [0.25, 0.3) is 0 Å². The average molecular weight is 366 g/mol. The van der Waals surface area contributed by atoms with Gasteiger partial charge in [0, 0.05) is 57.3 Å². The summed E-state index contributed by atoms with van der Waals surface area (Å²) in [7, 11) is 1.87. The molecule has 0 unspecified atom stereocenters. The fourth-order valence-electron chi connectivity index (χ4n) is 3.53. The lowest BCUT2D eigenvalue weighted by Gasteiger charge is -2.38. The van der Waals surface area contributed by atoms with E-state index in [-0.39, 0.29) is 0 Å². The predicted molar refractivity (Wildman–Crippen MR) is 114 cm³/mol. The number of aliphatic imine (C=N–C) groups is 1. The fraction of sp³-hybridized carbons (Fsp3) is 0.455. The largest absolute Gasteiger partial charge is 0.368 e. The van der Waals surface area contributed by atoms with Gasteiger partial charge in [-0.25, -0.2) is 0 Å². The van der Waals surface area contributed by atoms with Crippen LogP contribution in [0.25, 0.3) is 0 Å². The van der Waals surface area contributed by atoms with Gasteiger partial charge in [0.1, 0.15) is 0 Å². The van der Waals surface area contributed by atoms with Crippen molar-refractivity contribution in [1.29, 1.82) is 0 Å². The summed E-state index contributed by atoms with van der Waals surface area (Å²) >= 11 is 0. The molecule has 0 atom stereocenters. The molecule has 1 aliphatic rings. The van der Waals surface area contributed by atoms with E-state index in [4.69, 9.17) is 0 Å². The summed E-state index contributed by atoms with van der Waals surface area (Å²) in [6.45, 7) is 11.3. The summed E-state index contributed by atoms with van der Waals surface area (Å²) in [4.78, 5) is 13.7. The average Bonchev–Trinajstić information content (AvgIpc) is 2.69. The molecule has 1 fully saturated rings. The lowest BCUT2D eigenvalue weighted by atomic mass is 10.1. The minimum atomic E-state index is 0.870. The van der Waals surface area contributed by atoms with E-state index >= 15 is 0 Å². The van der Waals surface area contributed by atoms with Crippen LogP contribution in [0.1, 0.15) is 22.4 Å². The number of hydrogen-bond acceptors (Lipinski definition) is 3. The van der Waals surface area contributed by atoms with E-state index in [1.165, 1.54) is 22.4 Å². The third-order valence-electron chi connectivity index (χ3n) is 5.38. The molecule has 0 spiro atoms. The molecule has 0 saturated carbocycles. The number of rotatable bonds is 4. The maximum absolute atomic E-state index is 4.48. The number of hydrogen-bond donors (Lipinski definition) is 1. The third-order valence-corrected chi connectivity index (χ3v) is 5.38. The van der Waals surface area contributed by atoms with Crippen molar-refractivity contribution in [3.63, 3.8) is 0 Å². The summed E-state index contributed by atoms with van der Waals surface area (Å²) in [6, 6.07) is 10.8. The molecule has 5 nitrogen and oxygen atoms in total. The molecule has 27 heavy (non-hydrogen) atoms. The Labute approximate surface area is 163 Å². The van der Waals surface area contributed by atoms with Crippen LogP contribution in [0.5, 0.6) is 0 Å². The van der Waals surface area contributed by atoms with Crippen LogP contribution < -0.4 is 10.2 Å². The van der Waals surface area contributed by atoms with E-state index in [1.807, 2.05) is 20.2 Å². The van der Waals surface area contributed by atoms with Crippen molar-refractivity contribution in [2.75, 3.05) is 44.7 Å².